The molecule has 1 heterocycles. The largest absolute Gasteiger partial charge is 0.496 e. The van der Waals surface area contributed by atoms with Crippen LogP contribution in [0.1, 0.15) is 30.9 Å². The Morgan fingerprint density at radius 2 is 1.66 bits per heavy atom. The number of rotatable bonds is 2. The minimum absolute atomic E-state index is 0.404. The molecule has 5 aromatic rings. The molecule has 0 saturated heterocycles. The van der Waals surface area contributed by atoms with Crippen LogP contribution in [-0.4, -0.2) is 19.2 Å². The summed E-state index contributed by atoms with van der Waals surface area (Å²) in [5.41, 5.74) is 2.05. The van der Waals surface area contributed by atoms with Crippen LogP contribution in [0.25, 0.3) is 32.3 Å². The van der Waals surface area contributed by atoms with Gasteiger partial charge in [0.15, 0.2) is 0 Å². The summed E-state index contributed by atoms with van der Waals surface area (Å²) in [5.74, 6) is 1.63. The third-order valence-corrected chi connectivity index (χ3v) is 7.13. The van der Waals surface area contributed by atoms with E-state index in [1.807, 2.05) is 42.7 Å². The fourth-order valence-electron chi connectivity index (χ4n) is 5.29. The van der Waals surface area contributed by atoms with Crippen molar-refractivity contribution in [2.24, 2.45) is 0 Å². The number of pyridine rings is 1. The van der Waals surface area contributed by atoms with Gasteiger partial charge >= 0.3 is 0 Å². The van der Waals surface area contributed by atoms with Gasteiger partial charge in [-0.3, -0.25) is 4.98 Å². The average Bonchev–Trinajstić information content (AvgIpc) is 2.92. The van der Waals surface area contributed by atoms with E-state index in [9.17, 15) is 5.26 Å². The number of nitriles is 1. The molecule has 1 aliphatic carbocycles. The van der Waals surface area contributed by atoms with Crippen molar-refractivity contribution in [1.82, 2.24) is 4.98 Å². The van der Waals surface area contributed by atoms with Gasteiger partial charge in [-0.05, 0) is 82.4 Å². The van der Waals surface area contributed by atoms with Gasteiger partial charge in [0.1, 0.15) is 11.5 Å². The fraction of sp³-hybridized carbons (Fsp3) is 0.226. The van der Waals surface area contributed by atoms with Crippen molar-refractivity contribution in [2.45, 2.75) is 31.6 Å². The maximum absolute atomic E-state index is 9.72. The van der Waals surface area contributed by atoms with Crippen LogP contribution in [-0.2, 0) is 11.8 Å². The molecule has 0 saturated carbocycles. The lowest BCUT2D eigenvalue weighted by Crippen LogP contribution is -2.25. The Kier molecular flexibility index (Phi) is 6.01. The van der Waals surface area contributed by atoms with Crippen LogP contribution in [0.2, 0.25) is 0 Å². The molecule has 1 aliphatic rings. The van der Waals surface area contributed by atoms with Gasteiger partial charge in [0.05, 0.1) is 31.1 Å². The number of benzene rings is 4. The van der Waals surface area contributed by atoms with Crippen LogP contribution in [0.3, 0.4) is 0 Å². The molecule has 4 aromatic carbocycles. The number of methoxy groups -OCH3 is 2. The molecule has 0 fully saturated rings. The van der Waals surface area contributed by atoms with Crippen LogP contribution in [0, 0.1) is 11.3 Å². The highest BCUT2D eigenvalue weighted by Gasteiger charge is 2.33. The molecule has 1 aromatic heterocycles. The van der Waals surface area contributed by atoms with E-state index in [0.717, 1.165) is 47.1 Å². The van der Waals surface area contributed by atoms with Crippen LogP contribution in [0.5, 0.6) is 11.5 Å². The summed E-state index contributed by atoms with van der Waals surface area (Å²) < 4.78 is 11.3. The van der Waals surface area contributed by atoms with Gasteiger partial charge in [0.2, 0.25) is 0 Å². The molecule has 0 aliphatic heterocycles. The van der Waals surface area contributed by atoms with Gasteiger partial charge in [-0.2, -0.15) is 5.26 Å². The minimum Gasteiger partial charge on any atom is -0.496 e. The third-order valence-electron chi connectivity index (χ3n) is 7.13. The highest BCUT2D eigenvalue weighted by molar-refractivity contribution is 6.13. The topological polar surface area (TPSA) is 55.1 Å². The molecule has 1 atom stereocenters. The maximum Gasteiger partial charge on any atom is 0.131 e. The van der Waals surface area contributed by atoms with Crippen molar-refractivity contribution in [1.29, 1.82) is 5.26 Å². The van der Waals surface area contributed by atoms with Crippen LogP contribution >= 0.6 is 0 Å². The quantitative estimate of drug-likeness (QED) is 0.258. The monoisotopic (exact) mass is 460 g/mol. The molecule has 0 N–H and O–H groups in total. The fourth-order valence-corrected chi connectivity index (χ4v) is 5.29. The first-order valence-electron chi connectivity index (χ1n) is 11.9. The highest BCUT2D eigenvalue weighted by Crippen LogP contribution is 2.45. The first-order valence-corrected chi connectivity index (χ1v) is 11.9. The second-order valence-corrected chi connectivity index (χ2v) is 9.17. The number of ether oxygens (including phenoxy) is 2. The molecule has 4 heteroatoms. The minimum atomic E-state index is -0.404. The van der Waals surface area contributed by atoms with Crippen molar-refractivity contribution in [2.75, 3.05) is 14.2 Å². The maximum atomic E-state index is 9.72. The van der Waals surface area contributed by atoms with E-state index in [2.05, 4.69) is 54.4 Å². The molecule has 4 nitrogen and oxygen atoms in total. The molecule has 1 unspecified atom stereocenters. The molecule has 0 amide bonds. The first-order chi connectivity index (χ1) is 17.1. The number of fused-ring (bicyclic) bond motifs is 6. The molecule has 0 spiro atoms. The van der Waals surface area contributed by atoms with E-state index in [1.54, 1.807) is 14.2 Å². The highest BCUT2D eigenvalue weighted by atomic mass is 16.5. The predicted octanol–water partition coefficient (Wildman–Crippen LogP) is 7.36. The average molecular weight is 461 g/mol. The van der Waals surface area contributed by atoms with Gasteiger partial charge in [-0.1, -0.05) is 48.5 Å². The zero-order valence-electron chi connectivity index (χ0n) is 20.3. The Morgan fingerprint density at radius 1 is 0.857 bits per heavy atom. The molecule has 0 bridgehead atoms. The van der Waals surface area contributed by atoms with E-state index < -0.39 is 5.41 Å². The van der Waals surface area contributed by atoms with E-state index in [1.165, 1.54) is 27.1 Å². The van der Waals surface area contributed by atoms with E-state index in [4.69, 9.17) is 9.47 Å². The van der Waals surface area contributed by atoms with Crippen LogP contribution < -0.4 is 9.47 Å². The predicted molar refractivity (Wildman–Crippen MR) is 142 cm³/mol. The van der Waals surface area contributed by atoms with Gasteiger partial charge in [-0.25, -0.2) is 0 Å². The van der Waals surface area contributed by atoms with Crippen molar-refractivity contribution < 1.29 is 9.47 Å². The third kappa shape index (κ3) is 3.94. The van der Waals surface area contributed by atoms with Gasteiger partial charge in [0.25, 0.3) is 0 Å². The lowest BCUT2D eigenvalue weighted by Gasteiger charge is -2.31. The Morgan fingerprint density at radius 3 is 2.40 bits per heavy atom. The Bertz CT molecular complexity index is 1520. The Hall–Kier alpha value is -4.10. The lowest BCUT2D eigenvalue weighted by atomic mass is 9.71. The number of hydrogen-bond acceptors (Lipinski definition) is 4. The zero-order chi connectivity index (χ0) is 24.4. The van der Waals surface area contributed by atoms with E-state index in [0.29, 0.717) is 0 Å². The number of aryl methyl sites for hydroxylation is 1. The number of hydrogen-bond donors (Lipinski definition) is 0. The van der Waals surface area contributed by atoms with E-state index in [-0.39, 0.29) is 0 Å². The van der Waals surface area contributed by atoms with Crippen molar-refractivity contribution >= 4 is 32.3 Å². The standard InChI is InChI=1S/C22H21NO2.C9H7N/c1-22(13-23)11-5-7-15-17-12-20(25-3)21-16(6-4-8-19(21)24-2)14(17)9-10-18(15)22;1-2-4-9-7-10-6-5-8(9)3-1/h4,6,8-10,12H,5,7,11H2,1-3H3;1-7H. The van der Waals surface area contributed by atoms with Crippen LogP contribution in [0.4, 0.5) is 0 Å². The second-order valence-electron chi connectivity index (χ2n) is 9.17. The SMILES string of the molecule is COc1cccc2c1c(OC)cc1c3c(ccc12)C(C)(C#N)CCC3.c1ccc2cnccc2c1. The summed E-state index contributed by atoms with van der Waals surface area (Å²) in [6.45, 7) is 2.05. The normalized spacial score (nSPS) is 16.7. The first kappa shape index (κ1) is 22.7. The summed E-state index contributed by atoms with van der Waals surface area (Å²) >= 11 is 0. The molecule has 174 valence electrons. The lowest BCUT2D eigenvalue weighted by molar-refractivity contribution is 0.405. The molecule has 0 radical (unpaired) electrons. The van der Waals surface area contributed by atoms with Crippen molar-refractivity contribution in [3.05, 3.63) is 90.3 Å². The van der Waals surface area contributed by atoms with Crippen molar-refractivity contribution in [3.8, 4) is 17.6 Å². The Labute approximate surface area is 205 Å². The van der Waals surface area contributed by atoms with Crippen LogP contribution in [0.15, 0.2) is 79.1 Å². The number of aromatic nitrogens is 1. The summed E-state index contributed by atoms with van der Waals surface area (Å²) in [4.78, 5) is 4.01. The second kappa shape index (κ2) is 9.27. The summed E-state index contributed by atoms with van der Waals surface area (Å²) in [5, 5.41) is 16.7. The van der Waals surface area contributed by atoms with Gasteiger partial charge in [0, 0.05) is 12.4 Å². The Balaban J connectivity index is 0.000000211. The summed E-state index contributed by atoms with van der Waals surface area (Å²) in [6.07, 6.45) is 6.63. The number of nitrogens with zero attached hydrogens (tertiary/aromatic N) is 2. The molecule has 6 rings (SSSR count). The molecule has 35 heavy (non-hydrogen) atoms. The van der Waals surface area contributed by atoms with Crippen molar-refractivity contribution in [3.63, 3.8) is 0 Å². The smallest absolute Gasteiger partial charge is 0.131 e. The summed E-state index contributed by atoms with van der Waals surface area (Å²) in [7, 11) is 3.38. The summed E-state index contributed by atoms with van der Waals surface area (Å²) in [6, 6.07) is 25.2. The van der Waals surface area contributed by atoms with Gasteiger partial charge < -0.3 is 9.47 Å². The molecular weight excluding hydrogens is 432 g/mol. The van der Waals surface area contributed by atoms with Gasteiger partial charge in [-0.15, -0.1) is 0 Å². The van der Waals surface area contributed by atoms with E-state index >= 15 is 0 Å². The zero-order valence-corrected chi connectivity index (χ0v) is 20.3. The molecular formula is C31H28N2O2.